The molecule has 26 heavy (non-hydrogen) atoms. The van der Waals surface area contributed by atoms with Crippen LogP contribution in [0, 0.1) is 0 Å². The second-order valence-corrected chi connectivity index (χ2v) is 5.72. The number of nitrogens with one attached hydrogen (secondary N) is 1. The molecule has 1 aromatic heterocycles. The third-order valence-corrected chi connectivity index (χ3v) is 3.72. The summed E-state index contributed by atoms with van der Waals surface area (Å²) in [6.07, 6.45) is 7.97. The van der Waals surface area contributed by atoms with Crippen LogP contribution < -0.4 is 10.1 Å². The highest BCUT2D eigenvalue weighted by Crippen LogP contribution is 2.23. The fourth-order valence-electron chi connectivity index (χ4n) is 2.40. The molecule has 0 bridgehead atoms. The van der Waals surface area contributed by atoms with Gasteiger partial charge in [-0.1, -0.05) is 42.5 Å². The molecule has 0 saturated carbocycles. The maximum Gasteiger partial charge on any atom is 0.244 e. The van der Waals surface area contributed by atoms with Crippen LogP contribution in [0.2, 0.25) is 0 Å². The highest BCUT2D eigenvalue weighted by molar-refractivity contribution is 5.91. The van der Waals surface area contributed by atoms with E-state index in [-0.39, 0.29) is 11.9 Å². The number of hydrogen-bond donors (Lipinski definition) is 1. The zero-order valence-electron chi connectivity index (χ0n) is 14.4. The predicted octanol–water partition coefficient (Wildman–Crippen LogP) is 4.16. The number of nitrogens with zero attached hydrogens (tertiary/aromatic N) is 2. The van der Waals surface area contributed by atoms with Gasteiger partial charge >= 0.3 is 0 Å². The molecule has 0 unspecified atom stereocenters. The number of carbonyl (C=O) groups excluding carboxylic acids is 1. The number of rotatable bonds is 6. The zero-order chi connectivity index (χ0) is 18.2. The minimum Gasteiger partial charge on any atom is -0.454 e. The van der Waals surface area contributed by atoms with E-state index in [4.69, 9.17) is 4.74 Å². The summed E-state index contributed by atoms with van der Waals surface area (Å²) in [6.45, 7) is 1.93. The first-order valence-corrected chi connectivity index (χ1v) is 8.27. The maximum atomic E-state index is 12.1. The van der Waals surface area contributed by atoms with Crippen molar-refractivity contribution in [1.82, 2.24) is 15.3 Å². The van der Waals surface area contributed by atoms with Crippen LogP contribution in [0.15, 0.2) is 79.4 Å². The van der Waals surface area contributed by atoms with Gasteiger partial charge in [0.05, 0.1) is 18.4 Å². The summed E-state index contributed by atoms with van der Waals surface area (Å²) >= 11 is 0. The standard InChI is InChI=1S/C21H19N3O2/c1-16(24-21(25)11-10-17-6-3-2-4-7-17)18-8-5-9-19(12-18)26-20-13-22-15-23-14-20/h2-16H,1H3,(H,24,25)/t16-/m0/s1. The van der Waals surface area contributed by atoms with Crippen LogP contribution in [0.4, 0.5) is 0 Å². The fourth-order valence-corrected chi connectivity index (χ4v) is 2.40. The van der Waals surface area contributed by atoms with Crippen molar-refractivity contribution in [2.45, 2.75) is 13.0 Å². The van der Waals surface area contributed by atoms with Crippen molar-refractivity contribution in [3.63, 3.8) is 0 Å². The zero-order valence-corrected chi connectivity index (χ0v) is 14.4. The largest absolute Gasteiger partial charge is 0.454 e. The van der Waals surface area contributed by atoms with Crippen LogP contribution in [-0.2, 0) is 4.79 Å². The Morgan fingerprint density at radius 2 is 1.81 bits per heavy atom. The van der Waals surface area contributed by atoms with Gasteiger partial charge in [0.15, 0.2) is 5.75 Å². The molecule has 1 atom stereocenters. The molecule has 0 fully saturated rings. The Balaban J connectivity index is 1.62. The molecule has 0 radical (unpaired) electrons. The lowest BCUT2D eigenvalue weighted by molar-refractivity contribution is -0.117. The average Bonchev–Trinajstić information content (AvgIpc) is 2.68. The molecular formula is C21H19N3O2. The minimum absolute atomic E-state index is 0.149. The Labute approximate surface area is 152 Å². The van der Waals surface area contributed by atoms with Crippen molar-refractivity contribution < 1.29 is 9.53 Å². The Hall–Kier alpha value is -3.47. The summed E-state index contributed by atoms with van der Waals surface area (Å²) in [6, 6.07) is 17.1. The number of benzene rings is 2. The van der Waals surface area contributed by atoms with Gasteiger partial charge in [0.2, 0.25) is 5.91 Å². The van der Waals surface area contributed by atoms with Crippen molar-refractivity contribution in [1.29, 1.82) is 0 Å². The first-order valence-electron chi connectivity index (χ1n) is 8.27. The molecule has 0 aliphatic carbocycles. The van der Waals surface area contributed by atoms with Crippen molar-refractivity contribution in [2.75, 3.05) is 0 Å². The summed E-state index contributed by atoms with van der Waals surface area (Å²) in [5.41, 5.74) is 1.93. The molecule has 1 heterocycles. The first-order chi connectivity index (χ1) is 12.7. The van der Waals surface area contributed by atoms with Crippen LogP contribution in [0.3, 0.4) is 0 Å². The molecule has 0 saturated heterocycles. The number of aromatic nitrogens is 2. The van der Waals surface area contributed by atoms with Gasteiger partial charge in [-0.05, 0) is 36.3 Å². The maximum absolute atomic E-state index is 12.1. The summed E-state index contributed by atoms with van der Waals surface area (Å²) in [5.74, 6) is 1.08. The molecular weight excluding hydrogens is 326 g/mol. The summed E-state index contributed by atoms with van der Waals surface area (Å²) in [4.78, 5) is 20.0. The molecule has 3 aromatic rings. The van der Waals surface area contributed by atoms with E-state index in [1.807, 2.05) is 61.5 Å². The van der Waals surface area contributed by atoms with E-state index in [9.17, 15) is 4.79 Å². The Morgan fingerprint density at radius 3 is 2.58 bits per heavy atom. The van der Waals surface area contributed by atoms with Crippen LogP contribution >= 0.6 is 0 Å². The van der Waals surface area contributed by atoms with E-state index in [2.05, 4.69) is 15.3 Å². The molecule has 130 valence electrons. The lowest BCUT2D eigenvalue weighted by Gasteiger charge is -2.14. The molecule has 0 aliphatic heterocycles. The monoisotopic (exact) mass is 345 g/mol. The molecule has 3 rings (SSSR count). The van der Waals surface area contributed by atoms with Crippen LogP contribution in [0.1, 0.15) is 24.1 Å². The van der Waals surface area contributed by atoms with E-state index >= 15 is 0 Å². The third kappa shape index (κ3) is 5.01. The van der Waals surface area contributed by atoms with Gasteiger partial charge in [-0.2, -0.15) is 0 Å². The lowest BCUT2D eigenvalue weighted by atomic mass is 10.1. The van der Waals surface area contributed by atoms with E-state index in [0.717, 1.165) is 11.1 Å². The summed E-state index contributed by atoms with van der Waals surface area (Å²) in [5, 5.41) is 2.95. The van der Waals surface area contributed by atoms with Crippen LogP contribution in [0.25, 0.3) is 6.08 Å². The van der Waals surface area contributed by atoms with Crippen LogP contribution in [0.5, 0.6) is 11.5 Å². The van der Waals surface area contributed by atoms with Gasteiger partial charge in [0.25, 0.3) is 0 Å². The van der Waals surface area contributed by atoms with Crippen molar-refractivity contribution >= 4 is 12.0 Å². The Morgan fingerprint density at radius 1 is 1.04 bits per heavy atom. The fraction of sp³-hybridized carbons (Fsp3) is 0.0952. The quantitative estimate of drug-likeness (QED) is 0.681. The van der Waals surface area contributed by atoms with Gasteiger partial charge in [-0.3, -0.25) is 4.79 Å². The van der Waals surface area contributed by atoms with Crippen molar-refractivity contribution in [3.8, 4) is 11.5 Å². The number of amides is 1. The summed E-state index contributed by atoms with van der Waals surface area (Å²) in [7, 11) is 0. The SMILES string of the molecule is C[C@H](NC(=O)C=Cc1ccccc1)c1cccc(Oc2cncnc2)c1. The molecule has 5 nitrogen and oxygen atoms in total. The van der Waals surface area contributed by atoms with Crippen LogP contribution in [-0.4, -0.2) is 15.9 Å². The molecule has 0 aliphatic rings. The van der Waals surface area contributed by atoms with Gasteiger partial charge in [-0.15, -0.1) is 0 Å². The van der Waals surface area contributed by atoms with Gasteiger partial charge in [0, 0.05) is 6.08 Å². The lowest BCUT2D eigenvalue weighted by Crippen LogP contribution is -2.24. The number of carbonyl (C=O) groups is 1. The van der Waals surface area contributed by atoms with E-state index in [0.29, 0.717) is 11.5 Å². The molecule has 1 amide bonds. The third-order valence-electron chi connectivity index (χ3n) is 3.72. The molecule has 2 aromatic carbocycles. The smallest absolute Gasteiger partial charge is 0.244 e. The highest BCUT2D eigenvalue weighted by Gasteiger charge is 2.09. The molecule has 5 heteroatoms. The number of hydrogen-bond acceptors (Lipinski definition) is 4. The number of ether oxygens (including phenoxy) is 1. The second-order valence-electron chi connectivity index (χ2n) is 5.72. The first kappa shape index (κ1) is 17.4. The highest BCUT2D eigenvalue weighted by atomic mass is 16.5. The predicted molar refractivity (Wildman–Crippen MR) is 101 cm³/mol. The van der Waals surface area contributed by atoms with Gasteiger partial charge in [0.1, 0.15) is 12.1 Å². The minimum atomic E-state index is -0.154. The van der Waals surface area contributed by atoms with Gasteiger partial charge in [-0.25, -0.2) is 9.97 Å². The second kappa shape index (κ2) is 8.58. The van der Waals surface area contributed by atoms with E-state index < -0.39 is 0 Å². The summed E-state index contributed by atoms with van der Waals surface area (Å²) < 4.78 is 5.73. The van der Waals surface area contributed by atoms with E-state index in [1.54, 1.807) is 18.5 Å². The Kier molecular flexibility index (Phi) is 5.72. The molecule has 1 N–H and O–H groups in total. The average molecular weight is 345 g/mol. The normalized spacial score (nSPS) is 11.9. The van der Waals surface area contributed by atoms with Crippen molar-refractivity contribution in [3.05, 3.63) is 90.5 Å². The topological polar surface area (TPSA) is 64.1 Å². The van der Waals surface area contributed by atoms with Gasteiger partial charge < -0.3 is 10.1 Å². The molecule has 0 spiro atoms. The van der Waals surface area contributed by atoms with Crippen molar-refractivity contribution in [2.24, 2.45) is 0 Å². The van der Waals surface area contributed by atoms with E-state index in [1.165, 1.54) is 12.4 Å². The Bertz CT molecular complexity index is 880.